The molecule has 0 saturated heterocycles. The van der Waals surface area contributed by atoms with Gasteiger partial charge in [0.2, 0.25) is 0 Å². The van der Waals surface area contributed by atoms with Crippen LogP contribution in [-0.2, 0) is 6.54 Å². The van der Waals surface area contributed by atoms with Gasteiger partial charge in [-0.1, -0.05) is 24.8 Å². The predicted molar refractivity (Wildman–Crippen MR) is 78.9 cm³/mol. The maximum absolute atomic E-state index is 14.0. The topological polar surface area (TPSA) is 12.0 Å². The number of hydrogen-bond donors (Lipinski definition) is 1. The summed E-state index contributed by atoms with van der Waals surface area (Å²) in [5.74, 6) is -0.526. The van der Waals surface area contributed by atoms with Crippen molar-refractivity contribution in [1.29, 1.82) is 0 Å². The molecule has 0 bridgehead atoms. The summed E-state index contributed by atoms with van der Waals surface area (Å²) in [6.07, 6.45) is 1.06. The summed E-state index contributed by atoms with van der Waals surface area (Å²) >= 11 is 1.30. The number of halogens is 2. The van der Waals surface area contributed by atoms with Gasteiger partial charge in [0.15, 0.2) is 0 Å². The molecule has 0 aliphatic rings. The Labute approximate surface area is 122 Å². The maximum Gasteiger partial charge on any atom is 0.137 e. The van der Waals surface area contributed by atoms with Crippen LogP contribution in [0.2, 0.25) is 0 Å². The molecule has 1 N–H and O–H groups in total. The average Bonchev–Trinajstić information content (AvgIpc) is 2.44. The van der Waals surface area contributed by atoms with Crippen LogP contribution in [0.15, 0.2) is 52.3 Å². The lowest BCUT2D eigenvalue weighted by Crippen LogP contribution is -2.13. The van der Waals surface area contributed by atoms with Crippen LogP contribution in [-0.4, -0.2) is 6.54 Å². The van der Waals surface area contributed by atoms with Crippen molar-refractivity contribution in [2.45, 2.75) is 29.7 Å². The highest BCUT2D eigenvalue weighted by Crippen LogP contribution is 2.30. The minimum atomic E-state index is -0.285. The van der Waals surface area contributed by atoms with Gasteiger partial charge in [-0.25, -0.2) is 8.78 Å². The quantitative estimate of drug-likeness (QED) is 0.780. The molecule has 106 valence electrons. The Bertz CT molecular complexity index is 555. The van der Waals surface area contributed by atoms with Gasteiger partial charge >= 0.3 is 0 Å². The highest BCUT2D eigenvalue weighted by molar-refractivity contribution is 7.99. The molecule has 2 aromatic carbocycles. The van der Waals surface area contributed by atoms with E-state index >= 15 is 0 Å². The molecule has 0 aliphatic carbocycles. The van der Waals surface area contributed by atoms with Crippen molar-refractivity contribution in [2.75, 3.05) is 6.54 Å². The first-order chi connectivity index (χ1) is 9.69. The fraction of sp³-hybridized carbons (Fsp3) is 0.250. The van der Waals surface area contributed by atoms with Crippen LogP contribution in [0.4, 0.5) is 8.78 Å². The molecule has 4 heteroatoms. The van der Waals surface area contributed by atoms with Crippen LogP contribution in [0.25, 0.3) is 0 Å². The molecule has 0 heterocycles. The van der Waals surface area contributed by atoms with Crippen LogP contribution < -0.4 is 5.32 Å². The molecule has 1 nitrogen and oxygen atoms in total. The summed E-state index contributed by atoms with van der Waals surface area (Å²) in [5.41, 5.74) is 0.930. The van der Waals surface area contributed by atoms with Crippen LogP contribution in [0.3, 0.4) is 0 Å². The summed E-state index contributed by atoms with van der Waals surface area (Å²) in [5, 5.41) is 3.24. The minimum Gasteiger partial charge on any atom is -0.313 e. The average molecular weight is 293 g/mol. The normalized spacial score (nSPS) is 10.8. The van der Waals surface area contributed by atoms with Gasteiger partial charge in [-0.05, 0) is 54.9 Å². The third kappa shape index (κ3) is 4.32. The van der Waals surface area contributed by atoms with E-state index in [1.165, 1.54) is 23.9 Å². The van der Waals surface area contributed by atoms with Crippen LogP contribution in [0.1, 0.15) is 18.9 Å². The van der Waals surface area contributed by atoms with E-state index in [4.69, 9.17) is 0 Å². The largest absolute Gasteiger partial charge is 0.313 e. The molecule has 2 rings (SSSR count). The smallest absolute Gasteiger partial charge is 0.137 e. The van der Waals surface area contributed by atoms with Gasteiger partial charge in [0.05, 0.1) is 0 Å². The summed E-state index contributed by atoms with van der Waals surface area (Å²) in [6.45, 7) is 3.69. The first-order valence-corrected chi connectivity index (χ1v) is 7.43. The van der Waals surface area contributed by atoms with E-state index in [2.05, 4.69) is 12.2 Å². The second-order valence-corrected chi connectivity index (χ2v) is 5.61. The van der Waals surface area contributed by atoms with Gasteiger partial charge in [0, 0.05) is 16.3 Å². The van der Waals surface area contributed by atoms with Crippen molar-refractivity contribution < 1.29 is 8.78 Å². The Morgan fingerprint density at radius 3 is 2.45 bits per heavy atom. The van der Waals surface area contributed by atoms with Crippen molar-refractivity contribution >= 4 is 11.8 Å². The highest BCUT2D eigenvalue weighted by Gasteiger charge is 2.06. The Morgan fingerprint density at radius 2 is 1.80 bits per heavy atom. The van der Waals surface area contributed by atoms with Gasteiger partial charge in [-0.3, -0.25) is 0 Å². The number of rotatable bonds is 6. The van der Waals surface area contributed by atoms with Crippen molar-refractivity contribution in [3.8, 4) is 0 Å². The molecule has 0 aromatic heterocycles. The molecule has 0 saturated carbocycles. The molecule has 0 aliphatic heterocycles. The fourth-order valence-electron chi connectivity index (χ4n) is 1.78. The summed E-state index contributed by atoms with van der Waals surface area (Å²) in [6, 6.07) is 11.3. The Morgan fingerprint density at radius 1 is 1.05 bits per heavy atom. The highest BCUT2D eigenvalue weighted by atomic mass is 32.2. The SMILES string of the molecule is CCCNCc1ccc(Sc2ccc(F)cc2)c(F)c1. The predicted octanol–water partition coefficient (Wildman–Crippen LogP) is 4.62. The Balaban J connectivity index is 2.03. The monoisotopic (exact) mass is 293 g/mol. The lowest BCUT2D eigenvalue weighted by atomic mass is 10.2. The zero-order valence-corrected chi connectivity index (χ0v) is 12.1. The van der Waals surface area contributed by atoms with Crippen molar-refractivity contribution in [3.05, 3.63) is 59.7 Å². The second-order valence-electron chi connectivity index (χ2n) is 4.50. The van der Waals surface area contributed by atoms with E-state index in [9.17, 15) is 8.78 Å². The molecular formula is C16H17F2NS. The third-order valence-electron chi connectivity index (χ3n) is 2.79. The second kappa shape index (κ2) is 7.41. The molecule has 2 aromatic rings. The minimum absolute atomic E-state index is 0.241. The molecule has 0 spiro atoms. The first kappa shape index (κ1) is 15.0. The van der Waals surface area contributed by atoms with Gasteiger partial charge in [0.1, 0.15) is 11.6 Å². The van der Waals surface area contributed by atoms with Crippen molar-refractivity contribution in [3.63, 3.8) is 0 Å². The maximum atomic E-state index is 14.0. The first-order valence-electron chi connectivity index (χ1n) is 6.61. The van der Waals surface area contributed by atoms with Crippen molar-refractivity contribution in [2.24, 2.45) is 0 Å². The van der Waals surface area contributed by atoms with E-state index < -0.39 is 0 Å². The lowest BCUT2D eigenvalue weighted by Gasteiger charge is -2.07. The number of hydrogen-bond acceptors (Lipinski definition) is 2. The van der Waals surface area contributed by atoms with E-state index in [0.29, 0.717) is 11.4 Å². The Kier molecular flexibility index (Phi) is 5.56. The molecule has 0 unspecified atom stereocenters. The van der Waals surface area contributed by atoms with E-state index in [0.717, 1.165) is 23.4 Å². The van der Waals surface area contributed by atoms with Crippen LogP contribution in [0.5, 0.6) is 0 Å². The summed E-state index contributed by atoms with van der Waals surface area (Å²) in [4.78, 5) is 1.37. The van der Waals surface area contributed by atoms with Gasteiger partial charge in [0.25, 0.3) is 0 Å². The van der Waals surface area contributed by atoms with Crippen LogP contribution in [0, 0.1) is 11.6 Å². The van der Waals surface area contributed by atoms with E-state index in [1.807, 2.05) is 6.07 Å². The molecule has 20 heavy (non-hydrogen) atoms. The van der Waals surface area contributed by atoms with E-state index in [1.54, 1.807) is 24.3 Å². The van der Waals surface area contributed by atoms with E-state index in [-0.39, 0.29) is 11.6 Å². The third-order valence-corrected chi connectivity index (χ3v) is 3.85. The Hall–Kier alpha value is -1.39. The number of nitrogens with one attached hydrogen (secondary N) is 1. The van der Waals surface area contributed by atoms with Gasteiger partial charge < -0.3 is 5.32 Å². The van der Waals surface area contributed by atoms with Gasteiger partial charge in [-0.15, -0.1) is 0 Å². The molecule has 0 radical (unpaired) electrons. The fourth-order valence-corrected chi connectivity index (χ4v) is 2.59. The zero-order valence-electron chi connectivity index (χ0n) is 11.3. The molecule has 0 amide bonds. The molecule has 0 atom stereocenters. The molecule has 0 fully saturated rings. The van der Waals surface area contributed by atoms with Gasteiger partial charge in [-0.2, -0.15) is 0 Å². The molecular weight excluding hydrogens is 276 g/mol. The summed E-state index contributed by atoms with van der Waals surface area (Å²) < 4.78 is 26.8. The van der Waals surface area contributed by atoms with Crippen molar-refractivity contribution in [1.82, 2.24) is 5.32 Å². The number of benzene rings is 2. The zero-order chi connectivity index (χ0) is 14.4. The van der Waals surface area contributed by atoms with Crippen LogP contribution >= 0.6 is 11.8 Å². The lowest BCUT2D eigenvalue weighted by molar-refractivity contribution is 0.595. The summed E-state index contributed by atoms with van der Waals surface area (Å²) in [7, 11) is 0. The standard InChI is InChI=1S/C16H17F2NS/c1-2-9-19-11-12-3-8-16(15(18)10-12)20-14-6-4-13(17)5-7-14/h3-8,10,19H,2,9,11H2,1H3.